The van der Waals surface area contributed by atoms with Gasteiger partial charge in [0, 0.05) is 0 Å². The van der Waals surface area contributed by atoms with E-state index in [1.165, 1.54) is 45.6 Å². The van der Waals surface area contributed by atoms with Crippen LogP contribution in [0.5, 0.6) is 0 Å². The van der Waals surface area contributed by atoms with E-state index in [1.807, 2.05) is 0 Å². The number of carboxylic acids is 1. The van der Waals surface area contributed by atoms with Crippen LogP contribution in [0.15, 0.2) is 42.5 Å². The number of allylic oxidation sites excluding steroid dienone is 2. The average molecular weight is 498 g/mol. The van der Waals surface area contributed by atoms with Crippen molar-refractivity contribution in [3.63, 3.8) is 0 Å². The van der Waals surface area contributed by atoms with Gasteiger partial charge in [-0.25, -0.2) is 0 Å². The Labute approximate surface area is 210 Å². The van der Waals surface area contributed by atoms with E-state index >= 15 is 0 Å². The molecule has 0 aromatic heterocycles. The predicted molar refractivity (Wildman–Crippen MR) is 139 cm³/mol. The van der Waals surface area contributed by atoms with Crippen LogP contribution in [0.3, 0.4) is 0 Å². The van der Waals surface area contributed by atoms with Crippen molar-refractivity contribution in [3.05, 3.63) is 48.0 Å². The molecule has 200 valence electrons. The van der Waals surface area contributed by atoms with Crippen LogP contribution in [-0.4, -0.2) is 41.3 Å². The van der Waals surface area contributed by atoms with Gasteiger partial charge in [-0.1, -0.05) is 107 Å². The van der Waals surface area contributed by atoms with Crippen LogP contribution in [0, 0.1) is 0 Å². The number of aliphatic carboxylic acids is 1. The molecule has 0 aliphatic carbocycles. The van der Waals surface area contributed by atoms with Crippen LogP contribution in [-0.2, 0) is 11.2 Å². The van der Waals surface area contributed by atoms with Crippen LogP contribution < -0.4 is 0 Å². The highest BCUT2D eigenvalue weighted by molar-refractivity contribution is 5.74. The summed E-state index contributed by atoms with van der Waals surface area (Å²) in [5, 5.41) is 9.61. The van der Waals surface area contributed by atoms with Gasteiger partial charge in [0.2, 0.25) is 0 Å². The summed E-state index contributed by atoms with van der Waals surface area (Å²) in [6.07, 6.45) is 14.2. The first-order valence-electron chi connectivity index (χ1n) is 13.5. The fourth-order valence-electron chi connectivity index (χ4n) is 4.47. The molecule has 0 saturated carbocycles. The quantitative estimate of drug-likeness (QED) is 0.145. The van der Waals surface area contributed by atoms with Crippen LogP contribution in [0.1, 0.15) is 102 Å². The number of carbonyl (C=O) groups is 1. The molecular formula is C29H46F3NO2. The van der Waals surface area contributed by atoms with Gasteiger partial charge in [0.1, 0.15) is 12.1 Å². The number of likely N-dealkylation sites (N-methyl/N-ethyl adjacent to an activating group) is 1. The highest BCUT2D eigenvalue weighted by Gasteiger charge is 2.45. The maximum Gasteiger partial charge on any atom is 0.404 e. The molecule has 0 heterocycles. The lowest BCUT2D eigenvalue weighted by Gasteiger charge is -2.34. The van der Waals surface area contributed by atoms with Crippen molar-refractivity contribution in [2.24, 2.45) is 0 Å². The number of hydrogen-bond acceptors (Lipinski definition) is 2. The van der Waals surface area contributed by atoms with Gasteiger partial charge < -0.3 is 5.11 Å². The van der Waals surface area contributed by atoms with Crippen molar-refractivity contribution in [3.8, 4) is 0 Å². The number of halogens is 3. The van der Waals surface area contributed by atoms with Crippen LogP contribution in [0.2, 0.25) is 0 Å². The fraction of sp³-hybridized carbons (Fsp3) is 0.690. The first-order chi connectivity index (χ1) is 16.8. The third kappa shape index (κ3) is 14.4. The Bertz CT molecular complexity index is 691. The second-order valence-corrected chi connectivity index (χ2v) is 9.64. The maximum atomic E-state index is 13.8. The molecule has 0 spiro atoms. The van der Waals surface area contributed by atoms with Crippen molar-refractivity contribution >= 4 is 5.97 Å². The molecule has 0 amide bonds. The van der Waals surface area contributed by atoms with Crippen molar-refractivity contribution in [1.82, 2.24) is 4.90 Å². The largest absolute Gasteiger partial charge is 0.480 e. The van der Waals surface area contributed by atoms with E-state index < -0.39 is 24.2 Å². The molecule has 0 saturated heterocycles. The van der Waals surface area contributed by atoms with E-state index in [0.29, 0.717) is 6.42 Å². The number of carboxylic acid groups (broad SMARTS) is 1. The van der Waals surface area contributed by atoms with E-state index in [-0.39, 0.29) is 12.8 Å². The SMILES string of the molecule is CCCCCC/C=C\CCCCCCCCCC(N(C)C(Cc1ccccc1)C(=O)O)C(F)(F)F. The van der Waals surface area contributed by atoms with E-state index in [2.05, 4.69) is 19.1 Å². The Morgan fingerprint density at radius 2 is 1.40 bits per heavy atom. The molecule has 3 nitrogen and oxygen atoms in total. The Hall–Kier alpha value is -1.82. The predicted octanol–water partition coefficient (Wildman–Crippen LogP) is 8.58. The summed E-state index contributed by atoms with van der Waals surface area (Å²) in [5.74, 6) is -1.23. The van der Waals surface area contributed by atoms with E-state index in [4.69, 9.17) is 0 Å². The average Bonchev–Trinajstić information content (AvgIpc) is 2.81. The Morgan fingerprint density at radius 1 is 0.886 bits per heavy atom. The normalized spacial score (nSPS) is 14.0. The molecule has 0 aliphatic rings. The van der Waals surface area contributed by atoms with Crippen molar-refractivity contribution in [1.29, 1.82) is 0 Å². The van der Waals surface area contributed by atoms with Crippen LogP contribution in [0.25, 0.3) is 0 Å². The number of nitrogens with zero attached hydrogens (tertiary/aromatic N) is 1. The maximum absolute atomic E-state index is 13.8. The highest BCUT2D eigenvalue weighted by atomic mass is 19.4. The molecular weight excluding hydrogens is 451 g/mol. The summed E-state index contributed by atoms with van der Waals surface area (Å²) in [4.78, 5) is 12.8. The molecule has 2 atom stereocenters. The van der Waals surface area contributed by atoms with Crippen molar-refractivity contribution in [2.75, 3.05) is 7.05 Å². The summed E-state index contributed by atoms with van der Waals surface area (Å²) in [5.41, 5.74) is 0.718. The summed E-state index contributed by atoms with van der Waals surface area (Å²) >= 11 is 0. The zero-order valence-electron chi connectivity index (χ0n) is 21.7. The van der Waals surface area contributed by atoms with Crippen LogP contribution in [0.4, 0.5) is 13.2 Å². The molecule has 0 radical (unpaired) electrons. The van der Waals surface area contributed by atoms with E-state index in [0.717, 1.165) is 49.0 Å². The zero-order chi connectivity index (χ0) is 25.9. The fourth-order valence-corrected chi connectivity index (χ4v) is 4.47. The summed E-state index contributed by atoms with van der Waals surface area (Å²) in [7, 11) is 1.29. The minimum atomic E-state index is -4.46. The second-order valence-electron chi connectivity index (χ2n) is 9.64. The molecule has 2 unspecified atom stereocenters. The van der Waals surface area contributed by atoms with Crippen molar-refractivity contribution < 1.29 is 23.1 Å². The van der Waals surface area contributed by atoms with Gasteiger partial charge >= 0.3 is 12.1 Å². The van der Waals surface area contributed by atoms with Gasteiger partial charge in [0.05, 0.1) is 0 Å². The monoisotopic (exact) mass is 497 g/mol. The Balaban J connectivity index is 2.30. The minimum absolute atomic E-state index is 0.0489. The van der Waals surface area contributed by atoms with E-state index in [1.54, 1.807) is 30.3 Å². The summed E-state index contributed by atoms with van der Waals surface area (Å²) < 4.78 is 41.3. The van der Waals surface area contributed by atoms with Gasteiger partial charge in [-0.2, -0.15) is 13.2 Å². The van der Waals surface area contributed by atoms with Crippen molar-refractivity contribution in [2.45, 2.75) is 121 Å². The molecule has 1 rings (SSSR count). The lowest BCUT2D eigenvalue weighted by atomic mass is 9.99. The molecule has 1 aromatic carbocycles. The van der Waals surface area contributed by atoms with Gasteiger partial charge in [-0.15, -0.1) is 0 Å². The molecule has 6 heteroatoms. The number of benzene rings is 1. The smallest absolute Gasteiger partial charge is 0.404 e. The van der Waals surface area contributed by atoms with Gasteiger partial charge in [0.25, 0.3) is 0 Å². The topological polar surface area (TPSA) is 40.5 Å². The third-order valence-corrected chi connectivity index (χ3v) is 6.66. The lowest BCUT2D eigenvalue weighted by molar-refractivity contribution is -0.191. The lowest BCUT2D eigenvalue weighted by Crippen LogP contribution is -2.52. The van der Waals surface area contributed by atoms with Gasteiger partial charge in [0.15, 0.2) is 0 Å². The molecule has 35 heavy (non-hydrogen) atoms. The Morgan fingerprint density at radius 3 is 1.91 bits per heavy atom. The highest BCUT2D eigenvalue weighted by Crippen LogP contribution is 2.30. The number of hydrogen-bond donors (Lipinski definition) is 1. The minimum Gasteiger partial charge on any atom is -0.480 e. The first-order valence-corrected chi connectivity index (χ1v) is 13.5. The molecule has 0 fully saturated rings. The molecule has 1 N–H and O–H groups in total. The Kier molecular flexibility index (Phi) is 16.5. The first kappa shape index (κ1) is 31.2. The van der Waals surface area contributed by atoms with Gasteiger partial charge in [-0.3, -0.25) is 9.69 Å². The van der Waals surface area contributed by atoms with E-state index in [9.17, 15) is 23.1 Å². The molecule has 0 aliphatic heterocycles. The third-order valence-electron chi connectivity index (χ3n) is 6.66. The summed E-state index contributed by atoms with van der Waals surface area (Å²) in [6.45, 7) is 2.22. The number of rotatable bonds is 20. The number of unbranched alkanes of at least 4 members (excludes halogenated alkanes) is 11. The summed E-state index contributed by atoms with van der Waals surface area (Å²) in [6, 6.07) is 5.86. The van der Waals surface area contributed by atoms with Gasteiger partial charge in [-0.05, 0) is 51.1 Å². The number of alkyl halides is 3. The molecule has 0 bridgehead atoms. The molecule has 1 aromatic rings. The standard InChI is InChI=1S/C29H46F3NO2/c1-3-4-5-6-7-8-9-10-11-12-13-14-15-16-20-23-27(29(30,31)32)33(2)26(28(34)35)24-25-21-18-17-19-22-25/h8-9,17-19,21-22,26-27H,3-7,10-16,20,23-24H2,1-2H3,(H,34,35)/b9-8-. The second kappa shape index (κ2) is 18.4. The zero-order valence-corrected chi connectivity index (χ0v) is 21.7. The van der Waals surface area contributed by atoms with Crippen LogP contribution >= 0.6 is 0 Å².